The molecule has 7 nitrogen and oxygen atoms in total. The molecule has 0 aliphatic carbocycles. The molecule has 27 heavy (non-hydrogen) atoms. The first-order valence-corrected chi connectivity index (χ1v) is 8.88. The molecule has 0 fully saturated rings. The standard InChI is InChI=1S/C20H25NO6/c1-5-9-26-16-8-7-13(10-17(16)25-4)12(3)21-19(22)18-11-14(20(23)24)15(6-2)27-18/h7-8,10-12H,5-6,9H2,1-4H3,(H,21,22)(H,23,24). The number of hydrogen-bond acceptors (Lipinski definition) is 5. The average Bonchev–Trinajstić information content (AvgIpc) is 3.11. The highest BCUT2D eigenvalue weighted by Crippen LogP contribution is 2.30. The van der Waals surface area contributed by atoms with Crippen molar-refractivity contribution in [3.8, 4) is 11.5 Å². The largest absolute Gasteiger partial charge is 0.493 e. The first kappa shape index (κ1) is 20.4. The molecule has 0 saturated heterocycles. The number of amides is 1. The lowest BCUT2D eigenvalue weighted by molar-refractivity contribution is 0.0694. The van der Waals surface area contributed by atoms with Gasteiger partial charge < -0.3 is 24.3 Å². The first-order valence-electron chi connectivity index (χ1n) is 8.88. The molecule has 1 amide bonds. The summed E-state index contributed by atoms with van der Waals surface area (Å²) >= 11 is 0. The lowest BCUT2D eigenvalue weighted by atomic mass is 10.1. The van der Waals surface area contributed by atoms with E-state index < -0.39 is 11.9 Å². The normalized spacial score (nSPS) is 11.7. The Morgan fingerprint density at radius 2 is 1.96 bits per heavy atom. The minimum Gasteiger partial charge on any atom is -0.493 e. The lowest BCUT2D eigenvalue weighted by Crippen LogP contribution is -2.26. The van der Waals surface area contributed by atoms with Crippen LogP contribution in [0.25, 0.3) is 0 Å². The van der Waals surface area contributed by atoms with Gasteiger partial charge in [-0.3, -0.25) is 4.79 Å². The number of hydrogen-bond donors (Lipinski definition) is 2. The van der Waals surface area contributed by atoms with Gasteiger partial charge in [0.2, 0.25) is 0 Å². The number of benzene rings is 1. The number of aromatic carboxylic acids is 1. The molecule has 0 radical (unpaired) electrons. The summed E-state index contributed by atoms with van der Waals surface area (Å²) in [5, 5.41) is 12.0. The van der Waals surface area contributed by atoms with Crippen molar-refractivity contribution in [3.63, 3.8) is 0 Å². The number of nitrogens with one attached hydrogen (secondary N) is 1. The summed E-state index contributed by atoms with van der Waals surface area (Å²) in [4.78, 5) is 23.7. The Hall–Kier alpha value is -2.96. The minimum absolute atomic E-state index is 0.00870. The second-order valence-electron chi connectivity index (χ2n) is 6.06. The number of carbonyl (C=O) groups excluding carboxylic acids is 1. The topological polar surface area (TPSA) is 98.0 Å². The van der Waals surface area contributed by atoms with E-state index in [2.05, 4.69) is 5.32 Å². The van der Waals surface area contributed by atoms with E-state index in [-0.39, 0.29) is 23.1 Å². The number of carboxylic acid groups (broad SMARTS) is 1. The van der Waals surface area contributed by atoms with Crippen LogP contribution in [0.4, 0.5) is 0 Å². The van der Waals surface area contributed by atoms with Crippen molar-refractivity contribution in [1.29, 1.82) is 0 Å². The fraction of sp³-hybridized carbons (Fsp3) is 0.400. The van der Waals surface area contributed by atoms with Crippen LogP contribution >= 0.6 is 0 Å². The fourth-order valence-electron chi connectivity index (χ4n) is 2.62. The molecule has 2 aromatic rings. The van der Waals surface area contributed by atoms with Crippen molar-refractivity contribution in [2.75, 3.05) is 13.7 Å². The summed E-state index contributed by atoms with van der Waals surface area (Å²) in [5.74, 6) is -0.108. The third-order valence-corrected chi connectivity index (χ3v) is 4.08. The van der Waals surface area contributed by atoms with Crippen LogP contribution in [0.1, 0.15) is 65.5 Å². The summed E-state index contributed by atoms with van der Waals surface area (Å²) < 4.78 is 16.4. The number of furan rings is 1. The molecule has 0 aliphatic heterocycles. The van der Waals surface area contributed by atoms with Gasteiger partial charge in [0, 0.05) is 12.5 Å². The van der Waals surface area contributed by atoms with Crippen molar-refractivity contribution in [3.05, 3.63) is 46.9 Å². The second-order valence-corrected chi connectivity index (χ2v) is 6.06. The zero-order chi connectivity index (χ0) is 20.0. The van der Waals surface area contributed by atoms with E-state index in [0.29, 0.717) is 24.5 Å². The summed E-state index contributed by atoms with van der Waals surface area (Å²) in [6.07, 6.45) is 1.28. The minimum atomic E-state index is -1.12. The fourth-order valence-corrected chi connectivity index (χ4v) is 2.62. The van der Waals surface area contributed by atoms with Crippen LogP contribution in [-0.2, 0) is 6.42 Å². The monoisotopic (exact) mass is 375 g/mol. The molecule has 2 rings (SSSR count). The maximum atomic E-state index is 12.4. The third-order valence-electron chi connectivity index (χ3n) is 4.08. The molecular formula is C20H25NO6. The van der Waals surface area contributed by atoms with Crippen molar-refractivity contribution >= 4 is 11.9 Å². The van der Waals surface area contributed by atoms with Gasteiger partial charge in [0.1, 0.15) is 11.3 Å². The highest BCUT2D eigenvalue weighted by molar-refractivity contribution is 5.96. The molecule has 146 valence electrons. The predicted molar refractivity (Wildman–Crippen MR) is 99.7 cm³/mol. The molecule has 0 spiro atoms. The zero-order valence-electron chi connectivity index (χ0n) is 16.0. The summed E-state index contributed by atoms with van der Waals surface area (Å²) in [6, 6.07) is 6.37. The van der Waals surface area contributed by atoms with E-state index in [1.165, 1.54) is 6.07 Å². The predicted octanol–water partition coefficient (Wildman–Crippen LogP) is 3.83. The van der Waals surface area contributed by atoms with Crippen LogP contribution in [0.15, 0.2) is 28.7 Å². The van der Waals surface area contributed by atoms with Gasteiger partial charge in [-0.2, -0.15) is 0 Å². The Bertz CT molecular complexity index is 811. The van der Waals surface area contributed by atoms with Crippen molar-refractivity contribution < 1.29 is 28.6 Å². The molecule has 1 aromatic carbocycles. The van der Waals surface area contributed by atoms with E-state index in [4.69, 9.17) is 13.9 Å². The molecule has 0 saturated carbocycles. The maximum absolute atomic E-state index is 12.4. The van der Waals surface area contributed by atoms with Crippen molar-refractivity contribution in [1.82, 2.24) is 5.32 Å². The number of rotatable bonds is 9. The van der Waals surface area contributed by atoms with Gasteiger partial charge in [-0.15, -0.1) is 0 Å². The average molecular weight is 375 g/mol. The van der Waals surface area contributed by atoms with Crippen LogP contribution in [0, 0.1) is 0 Å². The van der Waals surface area contributed by atoms with Gasteiger partial charge >= 0.3 is 5.97 Å². The highest BCUT2D eigenvalue weighted by atomic mass is 16.5. The number of ether oxygens (including phenoxy) is 2. The quantitative estimate of drug-likeness (QED) is 0.691. The van der Waals surface area contributed by atoms with Gasteiger partial charge in [0.15, 0.2) is 17.3 Å². The SMILES string of the molecule is CCCOc1ccc(C(C)NC(=O)c2cc(C(=O)O)c(CC)o2)cc1OC. The first-order chi connectivity index (χ1) is 12.9. The molecule has 1 atom stereocenters. The van der Waals surface area contributed by atoms with Crippen LogP contribution in [0.3, 0.4) is 0 Å². The summed E-state index contributed by atoms with van der Waals surface area (Å²) in [7, 11) is 1.56. The Labute approximate surface area is 158 Å². The number of carbonyl (C=O) groups is 2. The molecule has 1 unspecified atom stereocenters. The number of carboxylic acids is 1. The Kier molecular flexibility index (Phi) is 6.87. The molecular weight excluding hydrogens is 350 g/mol. The van der Waals surface area contributed by atoms with Gasteiger partial charge in [-0.25, -0.2) is 4.79 Å². The van der Waals surface area contributed by atoms with Crippen molar-refractivity contribution in [2.24, 2.45) is 0 Å². The molecule has 7 heteroatoms. The van der Waals surface area contributed by atoms with Gasteiger partial charge in [-0.1, -0.05) is 19.9 Å². The molecule has 0 bridgehead atoms. The van der Waals surface area contributed by atoms with Crippen molar-refractivity contribution in [2.45, 2.75) is 39.7 Å². The van der Waals surface area contributed by atoms with E-state index in [0.717, 1.165) is 12.0 Å². The Morgan fingerprint density at radius 1 is 1.22 bits per heavy atom. The second kappa shape index (κ2) is 9.12. The maximum Gasteiger partial charge on any atom is 0.339 e. The number of aryl methyl sites for hydroxylation is 1. The van der Waals surface area contributed by atoms with E-state index in [9.17, 15) is 14.7 Å². The van der Waals surface area contributed by atoms with E-state index >= 15 is 0 Å². The van der Waals surface area contributed by atoms with Gasteiger partial charge in [-0.05, 0) is 31.0 Å². The van der Waals surface area contributed by atoms with E-state index in [1.807, 2.05) is 19.9 Å². The molecule has 1 heterocycles. The zero-order valence-corrected chi connectivity index (χ0v) is 16.0. The van der Waals surface area contributed by atoms with Crippen LogP contribution < -0.4 is 14.8 Å². The Balaban J connectivity index is 2.15. The molecule has 0 aliphatic rings. The molecule has 1 aromatic heterocycles. The smallest absolute Gasteiger partial charge is 0.339 e. The van der Waals surface area contributed by atoms with Gasteiger partial charge in [0.05, 0.1) is 19.8 Å². The van der Waals surface area contributed by atoms with Crippen LogP contribution in [0.2, 0.25) is 0 Å². The van der Waals surface area contributed by atoms with Gasteiger partial charge in [0.25, 0.3) is 5.91 Å². The molecule has 2 N–H and O–H groups in total. The van der Waals surface area contributed by atoms with E-state index in [1.54, 1.807) is 26.2 Å². The van der Waals surface area contributed by atoms with Crippen LogP contribution in [0.5, 0.6) is 11.5 Å². The summed E-state index contributed by atoms with van der Waals surface area (Å²) in [6.45, 7) is 6.20. The Morgan fingerprint density at radius 3 is 2.52 bits per heavy atom. The van der Waals surface area contributed by atoms with Crippen LogP contribution in [-0.4, -0.2) is 30.7 Å². The summed E-state index contributed by atoms with van der Waals surface area (Å²) in [5.41, 5.74) is 0.833. The number of methoxy groups -OCH3 is 1. The lowest BCUT2D eigenvalue weighted by Gasteiger charge is -2.16. The highest BCUT2D eigenvalue weighted by Gasteiger charge is 2.21. The third kappa shape index (κ3) is 4.81.